The van der Waals surface area contributed by atoms with Crippen molar-refractivity contribution in [2.45, 2.75) is 18.9 Å². The molecule has 0 aromatic rings. The van der Waals surface area contributed by atoms with Gasteiger partial charge >= 0.3 is 0 Å². The highest BCUT2D eigenvalue weighted by molar-refractivity contribution is 5.85. The zero-order valence-corrected chi connectivity index (χ0v) is 9.35. The van der Waals surface area contributed by atoms with Crippen molar-refractivity contribution < 1.29 is 4.11 Å². The van der Waals surface area contributed by atoms with E-state index < -0.39 is 6.98 Å². The summed E-state index contributed by atoms with van der Waals surface area (Å²) >= 11 is 0. The van der Waals surface area contributed by atoms with Gasteiger partial charge in [0.1, 0.15) is 0 Å². The maximum atomic E-state index is 7.37. The van der Waals surface area contributed by atoms with E-state index in [2.05, 4.69) is 10.2 Å². The van der Waals surface area contributed by atoms with E-state index in [4.69, 9.17) is 4.11 Å². The van der Waals surface area contributed by atoms with Crippen LogP contribution in [0.2, 0.25) is 0 Å². The lowest BCUT2D eigenvalue weighted by Crippen LogP contribution is -2.51. The Morgan fingerprint density at radius 1 is 1.14 bits per heavy atom. The van der Waals surface area contributed by atoms with Crippen molar-refractivity contribution in [3.8, 4) is 0 Å². The first kappa shape index (κ1) is 8.34. The van der Waals surface area contributed by atoms with Crippen molar-refractivity contribution in [3.05, 3.63) is 0 Å². The molecule has 2 saturated heterocycles. The van der Waals surface area contributed by atoms with Crippen molar-refractivity contribution in [3.63, 3.8) is 0 Å². The Morgan fingerprint density at radius 2 is 1.79 bits per heavy atom. The van der Waals surface area contributed by atoms with E-state index >= 15 is 0 Å². The van der Waals surface area contributed by atoms with Gasteiger partial charge in [0.25, 0.3) is 0 Å². The van der Waals surface area contributed by atoms with Crippen LogP contribution in [-0.2, 0) is 0 Å². The third-order valence-corrected chi connectivity index (χ3v) is 3.14. The van der Waals surface area contributed by atoms with Crippen LogP contribution in [0.15, 0.2) is 0 Å². The molecular formula is C10H22ClN3. The minimum atomic E-state index is -1.90. The number of halogens is 1. The Kier molecular flexibility index (Phi) is 3.52. The first-order valence-electron chi connectivity index (χ1n) is 6.77. The standard InChI is InChI=1S/C10H21N3.ClH/c1-12-6-8-13(9-7-12)10-2-4-11-5-3-10;/h10-11H,2-9H2,1H3;1H/i1D3;. The van der Waals surface area contributed by atoms with Crippen LogP contribution in [0.1, 0.15) is 17.0 Å². The smallest absolute Gasteiger partial charge is 0.0394 e. The summed E-state index contributed by atoms with van der Waals surface area (Å²) in [6.07, 6.45) is 2.40. The fourth-order valence-electron chi connectivity index (χ4n) is 2.26. The lowest BCUT2D eigenvalue weighted by atomic mass is 10.0. The molecular weight excluding hydrogens is 198 g/mol. The number of nitrogens with one attached hydrogen (secondary N) is 1. The van der Waals surface area contributed by atoms with E-state index in [0.717, 1.165) is 26.2 Å². The van der Waals surface area contributed by atoms with Crippen molar-refractivity contribution in [1.29, 1.82) is 0 Å². The quantitative estimate of drug-likeness (QED) is 0.694. The Hall–Kier alpha value is 0.170. The van der Waals surface area contributed by atoms with Crippen LogP contribution in [0.5, 0.6) is 0 Å². The van der Waals surface area contributed by atoms with E-state index in [1.165, 1.54) is 12.8 Å². The zero-order chi connectivity index (χ0) is 11.6. The molecule has 0 bridgehead atoms. The molecule has 1 N–H and O–H groups in total. The number of piperidine rings is 1. The monoisotopic (exact) mass is 222 g/mol. The molecule has 0 aromatic heterocycles. The number of nitrogens with zero attached hydrogens (tertiary/aromatic N) is 2. The Morgan fingerprint density at radius 3 is 2.36 bits per heavy atom. The predicted octanol–water partition coefficient (Wildman–Crippen LogP) is 0.408. The zero-order valence-electron chi connectivity index (χ0n) is 11.5. The third-order valence-electron chi connectivity index (χ3n) is 3.14. The molecule has 2 aliphatic rings. The summed E-state index contributed by atoms with van der Waals surface area (Å²) in [6, 6.07) is 0.667. The largest absolute Gasteiger partial charge is 0.317 e. The van der Waals surface area contributed by atoms with Gasteiger partial charge in [0.15, 0.2) is 0 Å². The normalized spacial score (nSPS) is 31.3. The summed E-state index contributed by atoms with van der Waals surface area (Å²) in [4.78, 5) is 4.08. The maximum Gasteiger partial charge on any atom is 0.0394 e. The summed E-state index contributed by atoms with van der Waals surface area (Å²) in [5.41, 5.74) is 0. The number of hydrogen-bond donors (Lipinski definition) is 1. The molecule has 3 nitrogen and oxygen atoms in total. The second kappa shape index (κ2) is 5.91. The van der Waals surface area contributed by atoms with Crippen LogP contribution in [0.25, 0.3) is 0 Å². The van der Waals surface area contributed by atoms with E-state index in [1.54, 1.807) is 4.90 Å². The Balaban J connectivity index is 0.00000144. The maximum absolute atomic E-state index is 7.37. The molecule has 0 aliphatic carbocycles. The highest BCUT2D eigenvalue weighted by Crippen LogP contribution is 2.13. The topological polar surface area (TPSA) is 18.5 Å². The second-order valence-electron chi connectivity index (χ2n) is 4.00. The second-order valence-corrected chi connectivity index (χ2v) is 4.00. The van der Waals surface area contributed by atoms with Crippen molar-refractivity contribution >= 4 is 12.4 Å². The van der Waals surface area contributed by atoms with Crippen LogP contribution in [0.3, 0.4) is 0 Å². The number of likely N-dealkylation sites (N-methyl/N-ethyl adjacent to an activating group) is 1. The molecule has 0 aromatic carbocycles. The average molecular weight is 223 g/mol. The van der Waals surface area contributed by atoms with Crippen LogP contribution in [0, 0.1) is 0 Å². The van der Waals surface area contributed by atoms with E-state index in [1.807, 2.05) is 0 Å². The highest BCUT2D eigenvalue weighted by Gasteiger charge is 2.23. The number of hydrogen-bond acceptors (Lipinski definition) is 3. The molecule has 0 spiro atoms. The fourth-order valence-corrected chi connectivity index (χ4v) is 2.26. The molecule has 4 heteroatoms. The highest BCUT2D eigenvalue weighted by atomic mass is 35.5. The van der Waals surface area contributed by atoms with Crippen molar-refractivity contribution in [2.75, 3.05) is 46.2 Å². The first-order valence-corrected chi connectivity index (χ1v) is 5.27. The molecule has 2 rings (SSSR count). The van der Waals surface area contributed by atoms with Gasteiger partial charge in [-0.25, -0.2) is 0 Å². The fraction of sp³-hybridized carbons (Fsp3) is 1.00. The summed E-state index contributed by atoms with van der Waals surface area (Å²) < 4.78 is 22.1. The summed E-state index contributed by atoms with van der Waals surface area (Å²) in [7, 11) is 0. The lowest BCUT2D eigenvalue weighted by Gasteiger charge is -2.39. The van der Waals surface area contributed by atoms with Crippen LogP contribution < -0.4 is 5.32 Å². The molecule has 0 saturated carbocycles. The van der Waals surface area contributed by atoms with Gasteiger partial charge in [-0.2, -0.15) is 0 Å². The number of rotatable bonds is 1. The molecule has 0 atom stereocenters. The van der Waals surface area contributed by atoms with Crippen LogP contribution in [-0.4, -0.2) is 62.1 Å². The molecule has 2 fully saturated rings. The predicted molar refractivity (Wildman–Crippen MR) is 62.2 cm³/mol. The average Bonchev–Trinajstić information content (AvgIpc) is 2.29. The number of piperazine rings is 1. The Labute approximate surface area is 97.4 Å². The van der Waals surface area contributed by atoms with Gasteiger partial charge < -0.3 is 10.2 Å². The summed E-state index contributed by atoms with van der Waals surface area (Å²) in [5.74, 6) is 0. The van der Waals surface area contributed by atoms with E-state index in [9.17, 15) is 0 Å². The molecule has 2 heterocycles. The van der Waals surface area contributed by atoms with Gasteiger partial charge in [-0.3, -0.25) is 4.90 Å². The molecule has 0 amide bonds. The molecule has 0 radical (unpaired) electrons. The minimum Gasteiger partial charge on any atom is -0.317 e. The van der Waals surface area contributed by atoms with E-state index in [0.29, 0.717) is 19.1 Å². The van der Waals surface area contributed by atoms with Gasteiger partial charge in [-0.1, -0.05) is 0 Å². The lowest BCUT2D eigenvalue weighted by molar-refractivity contribution is 0.0948. The van der Waals surface area contributed by atoms with Gasteiger partial charge in [-0.05, 0) is 32.9 Å². The summed E-state index contributed by atoms with van der Waals surface area (Å²) in [5, 5.41) is 3.36. The first-order chi connectivity index (χ1) is 7.57. The van der Waals surface area contributed by atoms with Crippen molar-refractivity contribution in [2.24, 2.45) is 0 Å². The molecule has 84 valence electrons. The van der Waals surface area contributed by atoms with Gasteiger partial charge in [0.2, 0.25) is 0 Å². The van der Waals surface area contributed by atoms with Gasteiger partial charge in [0, 0.05) is 36.3 Å². The van der Waals surface area contributed by atoms with Gasteiger partial charge in [-0.15, -0.1) is 12.4 Å². The third kappa shape index (κ3) is 3.09. The van der Waals surface area contributed by atoms with E-state index in [-0.39, 0.29) is 12.4 Å². The SMILES string of the molecule is Cl.[2H]C([2H])([2H])N1CCN(C2CCNCC2)CC1. The summed E-state index contributed by atoms with van der Waals surface area (Å²) in [6.45, 7) is 3.47. The molecule has 2 aliphatic heterocycles. The van der Waals surface area contributed by atoms with Crippen LogP contribution in [0.4, 0.5) is 0 Å². The van der Waals surface area contributed by atoms with Gasteiger partial charge in [0.05, 0.1) is 0 Å². The van der Waals surface area contributed by atoms with Crippen molar-refractivity contribution in [1.82, 2.24) is 15.1 Å². The molecule has 14 heavy (non-hydrogen) atoms. The van der Waals surface area contributed by atoms with Crippen LogP contribution >= 0.6 is 12.4 Å². The minimum absolute atomic E-state index is 0. The molecule has 0 unspecified atom stereocenters. The Bertz CT molecular complexity index is 223.